The second kappa shape index (κ2) is 11.0. The number of fused-ring (bicyclic) bond motifs is 1. The maximum atomic E-state index is 5.95. The summed E-state index contributed by atoms with van der Waals surface area (Å²) in [6.07, 6.45) is 8.69. The van der Waals surface area contributed by atoms with E-state index in [1.807, 2.05) is 0 Å². The summed E-state index contributed by atoms with van der Waals surface area (Å²) in [7, 11) is -1.57. The molecular weight excluding hydrogens is 474 g/mol. The van der Waals surface area contributed by atoms with Crippen molar-refractivity contribution in [3.63, 3.8) is 0 Å². The molecule has 0 aromatic heterocycles. The fourth-order valence-corrected chi connectivity index (χ4v) is 3.42. The number of hydrogen-bond acceptors (Lipinski definition) is 2. The summed E-state index contributed by atoms with van der Waals surface area (Å²) in [4.78, 5) is 0. The molecule has 0 unspecified atom stereocenters. The number of allylic oxidation sites excluding steroid dienone is 6. The van der Waals surface area contributed by atoms with Gasteiger partial charge in [0, 0.05) is 0 Å². The maximum Gasteiger partial charge on any atom is 3.00 e. The Kier molecular flexibility index (Phi) is 10.8. The van der Waals surface area contributed by atoms with Crippen molar-refractivity contribution in [1.29, 1.82) is 0 Å². The zero-order valence-corrected chi connectivity index (χ0v) is 21.4. The molecule has 0 bridgehead atoms. The Morgan fingerprint density at radius 2 is 1.78 bits per heavy atom. The van der Waals surface area contributed by atoms with E-state index >= 15 is 0 Å². The number of halogens is 2. The first-order valence-electron chi connectivity index (χ1n) is 8.45. The summed E-state index contributed by atoms with van der Waals surface area (Å²) in [5.74, 6) is 0.919. The SMILES string of the molecule is CC(C)=C1C(C2=C(OCO[Si](C)(C)C)C=CC2)=[C-]c2ccccc21.[Cl-].[Cl-].[Zr+3]. The standard InChI is InChI=1S/C21H25O2Si.2ClH.Zr/c1-15(2)21-17-10-7-6-9-16(17)13-19(21)18-11-8-12-20(18)22-14-23-24(3,4)5;;;/h6-10,12H,11,14H2,1-5H3;2*1H;/q-1;;;+3/p-2. The first-order valence-corrected chi connectivity index (χ1v) is 11.9. The second-order valence-corrected chi connectivity index (χ2v) is 11.9. The van der Waals surface area contributed by atoms with E-state index in [4.69, 9.17) is 9.16 Å². The van der Waals surface area contributed by atoms with Crippen LogP contribution in [0.2, 0.25) is 19.6 Å². The van der Waals surface area contributed by atoms with Crippen LogP contribution in [-0.4, -0.2) is 15.1 Å². The Hall–Kier alpha value is -0.380. The average molecular weight is 500 g/mol. The van der Waals surface area contributed by atoms with Gasteiger partial charge in [0.1, 0.15) is 0 Å². The summed E-state index contributed by atoms with van der Waals surface area (Å²) in [6, 6.07) is 8.46. The molecule has 1 radical (unpaired) electrons. The summed E-state index contributed by atoms with van der Waals surface area (Å²) in [6.45, 7) is 11.2. The molecule has 0 atom stereocenters. The molecule has 0 saturated heterocycles. The van der Waals surface area contributed by atoms with E-state index in [1.54, 1.807) is 0 Å². The number of ether oxygens (including phenoxy) is 1. The average Bonchev–Trinajstić information content (AvgIpc) is 3.08. The predicted octanol–water partition coefficient (Wildman–Crippen LogP) is -0.384. The third-order valence-corrected chi connectivity index (χ3v) is 5.09. The molecule has 2 aliphatic carbocycles. The quantitative estimate of drug-likeness (QED) is 0.313. The zero-order valence-electron chi connectivity index (χ0n) is 16.5. The molecule has 0 amide bonds. The number of hydrogen-bond donors (Lipinski definition) is 0. The Labute approximate surface area is 195 Å². The molecular formula is C21H25Cl2O2SiZr. The Balaban J connectivity index is 0.00000225. The fraction of sp³-hybridized carbons (Fsp3) is 0.333. The summed E-state index contributed by atoms with van der Waals surface area (Å²) in [5.41, 5.74) is 7.41. The fourth-order valence-electron chi connectivity index (χ4n) is 3.00. The van der Waals surface area contributed by atoms with Gasteiger partial charge in [-0.15, -0.1) is 40.0 Å². The topological polar surface area (TPSA) is 18.5 Å². The molecule has 1 aromatic rings. The molecule has 6 heteroatoms. The van der Waals surface area contributed by atoms with Crippen molar-refractivity contribution in [2.75, 3.05) is 6.79 Å². The summed E-state index contributed by atoms with van der Waals surface area (Å²) >= 11 is 0. The predicted molar refractivity (Wildman–Crippen MR) is 102 cm³/mol. The van der Waals surface area contributed by atoms with Crippen molar-refractivity contribution in [2.45, 2.75) is 39.9 Å². The van der Waals surface area contributed by atoms with Gasteiger partial charge < -0.3 is 34.0 Å². The minimum absolute atomic E-state index is 0. The van der Waals surface area contributed by atoms with Gasteiger partial charge in [0.05, 0.1) is 5.76 Å². The molecule has 2 nitrogen and oxygen atoms in total. The van der Waals surface area contributed by atoms with Crippen LogP contribution in [0.1, 0.15) is 31.4 Å². The van der Waals surface area contributed by atoms with Gasteiger partial charge in [-0.25, -0.2) is 0 Å². The summed E-state index contributed by atoms with van der Waals surface area (Å²) in [5, 5.41) is 0. The number of rotatable bonds is 5. The zero-order chi connectivity index (χ0) is 17.3. The van der Waals surface area contributed by atoms with Crippen LogP contribution in [0.5, 0.6) is 0 Å². The van der Waals surface area contributed by atoms with Crippen molar-refractivity contribution in [3.05, 3.63) is 76.1 Å². The molecule has 2 aliphatic rings. The van der Waals surface area contributed by atoms with E-state index in [0.717, 1.165) is 12.2 Å². The van der Waals surface area contributed by atoms with Gasteiger partial charge in [-0.3, -0.25) is 0 Å². The largest absolute Gasteiger partial charge is 3.00 e. The van der Waals surface area contributed by atoms with Crippen molar-refractivity contribution < 1.29 is 60.2 Å². The molecule has 1 aromatic carbocycles. The Morgan fingerprint density at radius 3 is 2.41 bits per heavy atom. The number of benzene rings is 1. The van der Waals surface area contributed by atoms with Crippen LogP contribution < -0.4 is 24.8 Å². The van der Waals surface area contributed by atoms with E-state index < -0.39 is 8.32 Å². The molecule has 143 valence electrons. The van der Waals surface area contributed by atoms with E-state index in [2.05, 4.69) is 76.0 Å². The molecule has 3 rings (SSSR count). The third-order valence-electron chi connectivity index (χ3n) is 4.10. The molecule has 0 N–H and O–H groups in total. The van der Waals surface area contributed by atoms with Gasteiger partial charge >= 0.3 is 26.2 Å². The van der Waals surface area contributed by atoms with Gasteiger partial charge in [0.15, 0.2) is 15.1 Å². The van der Waals surface area contributed by atoms with Crippen LogP contribution in [0.3, 0.4) is 0 Å². The van der Waals surface area contributed by atoms with Crippen LogP contribution >= 0.6 is 0 Å². The van der Waals surface area contributed by atoms with Crippen LogP contribution in [0.4, 0.5) is 0 Å². The van der Waals surface area contributed by atoms with Crippen molar-refractivity contribution in [2.24, 2.45) is 0 Å². The normalized spacial score (nSPS) is 14.7. The van der Waals surface area contributed by atoms with Gasteiger partial charge in [-0.1, -0.05) is 43.7 Å². The molecule has 0 heterocycles. The second-order valence-electron chi connectivity index (χ2n) is 7.39. The first-order chi connectivity index (χ1) is 11.4. The van der Waals surface area contributed by atoms with Crippen molar-refractivity contribution in [1.82, 2.24) is 0 Å². The third kappa shape index (κ3) is 6.30. The van der Waals surface area contributed by atoms with Gasteiger partial charge in [0.25, 0.3) is 0 Å². The van der Waals surface area contributed by atoms with Crippen LogP contribution in [0.15, 0.2) is 58.9 Å². The Morgan fingerprint density at radius 1 is 1.11 bits per heavy atom. The molecule has 0 saturated carbocycles. The molecule has 0 spiro atoms. The van der Waals surface area contributed by atoms with Gasteiger partial charge in [-0.05, 0) is 32.1 Å². The minimum atomic E-state index is -1.57. The molecule has 0 aliphatic heterocycles. The Bertz CT molecular complexity index is 786. The maximum absolute atomic E-state index is 5.95. The monoisotopic (exact) mass is 497 g/mol. The van der Waals surface area contributed by atoms with Crippen LogP contribution in [0, 0.1) is 6.08 Å². The smallest absolute Gasteiger partial charge is 1.00 e. The van der Waals surface area contributed by atoms with E-state index in [1.165, 1.54) is 33.4 Å². The van der Waals surface area contributed by atoms with E-state index in [-0.39, 0.29) is 51.0 Å². The van der Waals surface area contributed by atoms with E-state index in [0.29, 0.717) is 6.79 Å². The first kappa shape index (κ1) is 26.6. The van der Waals surface area contributed by atoms with Crippen LogP contribution in [0.25, 0.3) is 5.57 Å². The summed E-state index contributed by atoms with van der Waals surface area (Å²) < 4.78 is 11.8. The van der Waals surface area contributed by atoms with Gasteiger partial charge in [-0.2, -0.15) is 0 Å². The van der Waals surface area contributed by atoms with Crippen LogP contribution in [-0.2, 0) is 35.4 Å². The van der Waals surface area contributed by atoms with Crippen molar-refractivity contribution >= 4 is 13.9 Å². The molecule has 0 fully saturated rings. The van der Waals surface area contributed by atoms with Gasteiger partial charge in [0.2, 0.25) is 0 Å². The van der Waals surface area contributed by atoms with E-state index in [9.17, 15) is 0 Å². The minimum Gasteiger partial charge on any atom is -1.00 e. The van der Waals surface area contributed by atoms with Crippen molar-refractivity contribution in [3.8, 4) is 0 Å². The molecule has 27 heavy (non-hydrogen) atoms.